The van der Waals surface area contributed by atoms with Gasteiger partial charge in [0.15, 0.2) is 5.13 Å². The van der Waals surface area contributed by atoms with Crippen LogP contribution in [0.5, 0.6) is 17.2 Å². The summed E-state index contributed by atoms with van der Waals surface area (Å²) in [6.07, 6.45) is 2.41. The van der Waals surface area contributed by atoms with Crippen molar-refractivity contribution < 1.29 is 24.2 Å². The highest BCUT2D eigenvalue weighted by atomic mass is 32.1. The van der Waals surface area contributed by atoms with E-state index in [4.69, 9.17) is 9.47 Å². The number of amides is 2. The van der Waals surface area contributed by atoms with Gasteiger partial charge < -0.3 is 19.5 Å². The third-order valence-electron chi connectivity index (χ3n) is 5.26. The van der Waals surface area contributed by atoms with Crippen molar-refractivity contribution in [3.8, 4) is 17.2 Å². The molecule has 9 heteroatoms. The van der Waals surface area contributed by atoms with Crippen LogP contribution in [0.25, 0.3) is 0 Å². The van der Waals surface area contributed by atoms with Gasteiger partial charge >= 0.3 is 0 Å². The third kappa shape index (κ3) is 6.12. The molecule has 1 saturated heterocycles. The summed E-state index contributed by atoms with van der Waals surface area (Å²) in [6, 6.07) is 11.9. The number of aliphatic hydroxyl groups excluding tert-OH is 1. The molecular formula is C25H27N3O5S. The van der Waals surface area contributed by atoms with Crippen molar-refractivity contribution >= 4 is 28.3 Å². The van der Waals surface area contributed by atoms with Crippen LogP contribution in [0.3, 0.4) is 0 Å². The van der Waals surface area contributed by atoms with Crippen molar-refractivity contribution in [1.82, 2.24) is 9.88 Å². The van der Waals surface area contributed by atoms with Crippen molar-refractivity contribution in [3.05, 3.63) is 65.2 Å². The van der Waals surface area contributed by atoms with Crippen molar-refractivity contribution in [1.29, 1.82) is 0 Å². The molecule has 1 aliphatic rings. The smallest absolute Gasteiger partial charge is 0.257 e. The number of hydrogen-bond donors (Lipinski definition) is 2. The summed E-state index contributed by atoms with van der Waals surface area (Å²) < 4.78 is 11.8. The van der Waals surface area contributed by atoms with Gasteiger partial charge in [-0.25, -0.2) is 4.98 Å². The first-order valence-electron chi connectivity index (χ1n) is 11.2. The third-order valence-corrected chi connectivity index (χ3v) is 5.94. The number of rotatable bonds is 7. The van der Waals surface area contributed by atoms with Gasteiger partial charge in [-0.05, 0) is 63.1 Å². The maximum absolute atomic E-state index is 12.7. The van der Waals surface area contributed by atoms with Crippen LogP contribution in [-0.4, -0.2) is 52.1 Å². The minimum absolute atomic E-state index is 0.0630. The Labute approximate surface area is 202 Å². The van der Waals surface area contributed by atoms with E-state index >= 15 is 0 Å². The van der Waals surface area contributed by atoms with Gasteiger partial charge in [-0.15, -0.1) is 11.3 Å². The molecule has 178 valence electrons. The fourth-order valence-electron chi connectivity index (χ4n) is 3.61. The lowest BCUT2D eigenvalue weighted by Gasteiger charge is -2.29. The topological polar surface area (TPSA) is 101 Å². The summed E-state index contributed by atoms with van der Waals surface area (Å²) in [6.45, 7) is 4.91. The summed E-state index contributed by atoms with van der Waals surface area (Å²) in [5.74, 6) is 1.09. The van der Waals surface area contributed by atoms with E-state index in [1.54, 1.807) is 58.9 Å². The Morgan fingerprint density at radius 1 is 1.06 bits per heavy atom. The van der Waals surface area contributed by atoms with Crippen LogP contribution in [0.1, 0.15) is 47.4 Å². The zero-order valence-electron chi connectivity index (χ0n) is 19.1. The van der Waals surface area contributed by atoms with E-state index in [1.807, 2.05) is 13.8 Å². The molecule has 1 fully saturated rings. The summed E-state index contributed by atoms with van der Waals surface area (Å²) >= 11 is 1.33. The Kier molecular flexibility index (Phi) is 7.44. The van der Waals surface area contributed by atoms with Crippen LogP contribution in [0, 0.1) is 0 Å². The van der Waals surface area contributed by atoms with Gasteiger partial charge in [0.2, 0.25) is 0 Å². The molecule has 0 bridgehead atoms. The molecule has 2 N–H and O–H groups in total. The van der Waals surface area contributed by atoms with Gasteiger partial charge in [0, 0.05) is 41.9 Å². The minimum Gasteiger partial charge on any atom is -0.491 e. The summed E-state index contributed by atoms with van der Waals surface area (Å²) in [4.78, 5) is 31.3. The second kappa shape index (κ2) is 10.7. The number of aliphatic hydroxyl groups is 1. The quantitative estimate of drug-likeness (QED) is 0.513. The number of hydrogen-bond acceptors (Lipinski definition) is 7. The van der Waals surface area contributed by atoms with Crippen LogP contribution in [0.15, 0.2) is 54.0 Å². The minimum atomic E-state index is -0.330. The second-order valence-electron chi connectivity index (χ2n) is 8.30. The molecule has 0 saturated carbocycles. The van der Waals surface area contributed by atoms with Gasteiger partial charge in [0.05, 0.1) is 12.2 Å². The van der Waals surface area contributed by atoms with Gasteiger partial charge in [0.1, 0.15) is 17.2 Å². The number of nitrogens with zero attached hydrogens (tertiary/aromatic N) is 2. The number of carbonyl (C=O) groups excluding carboxylic acids is 2. The monoisotopic (exact) mass is 481 g/mol. The number of aromatic nitrogens is 1. The van der Waals surface area contributed by atoms with E-state index in [1.165, 1.54) is 11.3 Å². The maximum Gasteiger partial charge on any atom is 0.257 e. The molecule has 0 atom stereocenters. The van der Waals surface area contributed by atoms with E-state index in [0.29, 0.717) is 59.4 Å². The molecule has 0 radical (unpaired) electrons. The fraction of sp³-hybridized carbons (Fsp3) is 0.320. The lowest BCUT2D eigenvalue weighted by atomic mass is 10.1. The molecule has 2 heterocycles. The molecule has 1 aromatic heterocycles. The van der Waals surface area contributed by atoms with Crippen molar-refractivity contribution in [2.75, 3.05) is 18.4 Å². The average molecular weight is 482 g/mol. The molecule has 0 spiro atoms. The first kappa shape index (κ1) is 23.7. The molecule has 3 aromatic rings. The van der Waals surface area contributed by atoms with Crippen LogP contribution < -0.4 is 14.8 Å². The number of ether oxygens (including phenoxy) is 2. The molecule has 8 nitrogen and oxygen atoms in total. The number of piperidine rings is 1. The number of carbonyl (C=O) groups is 2. The number of anilines is 1. The maximum atomic E-state index is 12.7. The lowest BCUT2D eigenvalue weighted by molar-refractivity contribution is 0.0546. The fourth-order valence-corrected chi connectivity index (χ4v) is 4.13. The molecular weight excluding hydrogens is 454 g/mol. The number of nitrogens with one attached hydrogen (secondary N) is 1. The van der Waals surface area contributed by atoms with E-state index < -0.39 is 0 Å². The van der Waals surface area contributed by atoms with Crippen LogP contribution in [-0.2, 0) is 0 Å². The number of thiazole rings is 1. The normalized spacial score (nSPS) is 14.2. The van der Waals surface area contributed by atoms with Crippen molar-refractivity contribution in [2.45, 2.75) is 38.9 Å². The lowest BCUT2D eigenvalue weighted by Crippen LogP contribution is -2.40. The summed E-state index contributed by atoms with van der Waals surface area (Å²) in [5, 5.41) is 14.7. The largest absolute Gasteiger partial charge is 0.491 e. The van der Waals surface area contributed by atoms with Gasteiger partial charge in [-0.1, -0.05) is 0 Å². The Balaban J connectivity index is 1.49. The first-order valence-corrected chi connectivity index (χ1v) is 12.0. The Morgan fingerprint density at radius 3 is 2.41 bits per heavy atom. The standard InChI is InChI=1S/C25H27N3O5S/c1-16(2)32-21-13-18(23(30)27-25-26-9-12-34-25)14-22(15-21)33-20-5-3-17(4-6-20)24(31)28-10-7-19(29)8-11-28/h3-6,9,12-16,19,29H,7-8,10-11H2,1-2H3,(H,26,27,30). The van der Waals surface area contributed by atoms with Gasteiger partial charge in [-0.3, -0.25) is 14.9 Å². The Hall–Kier alpha value is -3.43. The summed E-state index contributed by atoms with van der Waals surface area (Å²) in [5.41, 5.74) is 0.937. The first-order chi connectivity index (χ1) is 16.4. The summed E-state index contributed by atoms with van der Waals surface area (Å²) in [7, 11) is 0. The number of benzene rings is 2. The highest BCUT2D eigenvalue weighted by molar-refractivity contribution is 7.13. The molecule has 2 amide bonds. The predicted octanol–water partition coefficient (Wildman–Crippen LogP) is 4.57. The van der Waals surface area contributed by atoms with E-state index in [9.17, 15) is 14.7 Å². The van der Waals surface area contributed by atoms with E-state index in [0.717, 1.165) is 0 Å². The van der Waals surface area contributed by atoms with Crippen molar-refractivity contribution in [2.24, 2.45) is 0 Å². The zero-order valence-corrected chi connectivity index (χ0v) is 19.9. The molecule has 1 aliphatic heterocycles. The SMILES string of the molecule is CC(C)Oc1cc(Oc2ccc(C(=O)N3CCC(O)CC3)cc2)cc(C(=O)Nc2nccs2)c1. The van der Waals surface area contributed by atoms with Crippen LogP contribution >= 0.6 is 11.3 Å². The predicted molar refractivity (Wildman–Crippen MR) is 130 cm³/mol. The molecule has 34 heavy (non-hydrogen) atoms. The van der Waals surface area contributed by atoms with E-state index in [2.05, 4.69) is 10.3 Å². The number of likely N-dealkylation sites (tertiary alicyclic amines) is 1. The Morgan fingerprint density at radius 2 is 1.76 bits per heavy atom. The Bertz CT molecular complexity index is 1120. The van der Waals surface area contributed by atoms with E-state index in [-0.39, 0.29) is 24.0 Å². The van der Waals surface area contributed by atoms with Crippen molar-refractivity contribution in [3.63, 3.8) is 0 Å². The average Bonchev–Trinajstić information content (AvgIpc) is 3.32. The zero-order chi connectivity index (χ0) is 24.1. The molecule has 2 aromatic carbocycles. The highest BCUT2D eigenvalue weighted by Crippen LogP contribution is 2.29. The molecule has 0 aliphatic carbocycles. The van der Waals surface area contributed by atoms with Gasteiger partial charge in [0.25, 0.3) is 11.8 Å². The molecule has 4 rings (SSSR count). The van der Waals surface area contributed by atoms with Crippen LogP contribution in [0.4, 0.5) is 5.13 Å². The second-order valence-corrected chi connectivity index (χ2v) is 9.20. The molecule has 0 unspecified atom stereocenters. The van der Waals surface area contributed by atoms with Crippen LogP contribution in [0.2, 0.25) is 0 Å². The van der Waals surface area contributed by atoms with Gasteiger partial charge in [-0.2, -0.15) is 0 Å². The highest BCUT2D eigenvalue weighted by Gasteiger charge is 2.22.